The molecule has 7 heteroatoms. The molecule has 0 fully saturated rings. The van der Waals surface area contributed by atoms with Crippen molar-refractivity contribution in [2.24, 2.45) is 0 Å². The molecule has 28 heavy (non-hydrogen) atoms. The van der Waals surface area contributed by atoms with Crippen LogP contribution >= 0.6 is 11.8 Å². The summed E-state index contributed by atoms with van der Waals surface area (Å²) in [6.45, 7) is 4.37. The number of fused-ring (bicyclic) bond motifs is 1. The third kappa shape index (κ3) is 5.04. The quantitative estimate of drug-likeness (QED) is 0.595. The van der Waals surface area contributed by atoms with Crippen molar-refractivity contribution in [3.63, 3.8) is 0 Å². The van der Waals surface area contributed by atoms with E-state index in [0.717, 1.165) is 40.5 Å². The Hall–Kier alpha value is -2.54. The van der Waals surface area contributed by atoms with Crippen molar-refractivity contribution in [2.45, 2.75) is 32.7 Å². The standard InChI is InChI=1S/C21H26N4O2S/c1-15-7-8-16(2)18(14-15)27-12-9-20(26)22-17(10-13-28-3)21-24-23-19-6-4-5-11-25(19)21/h4-8,11,14,17H,9-10,12-13H2,1-3H3,(H,22,26). The molecule has 148 valence electrons. The Morgan fingerprint density at radius 1 is 1.25 bits per heavy atom. The molecule has 1 N–H and O–H groups in total. The molecule has 1 amide bonds. The summed E-state index contributed by atoms with van der Waals surface area (Å²) in [5.41, 5.74) is 2.99. The fraction of sp³-hybridized carbons (Fsp3) is 0.381. The monoisotopic (exact) mass is 398 g/mol. The van der Waals surface area contributed by atoms with E-state index < -0.39 is 0 Å². The number of pyridine rings is 1. The Kier molecular flexibility index (Phi) is 6.92. The first-order valence-electron chi connectivity index (χ1n) is 9.36. The fourth-order valence-corrected chi connectivity index (χ4v) is 3.45. The number of carbonyl (C=O) groups is 1. The zero-order chi connectivity index (χ0) is 19.9. The molecule has 3 rings (SSSR count). The number of hydrogen-bond donors (Lipinski definition) is 1. The summed E-state index contributed by atoms with van der Waals surface area (Å²) in [6.07, 6.45) is 5.06. The summed E-state index contributed by atoms with van der Waals surface area (Å²) in [5, 5.41) is 11.6. The van der Waals surface area contributed by atoms with Gasteiger partial charge in [0, 0.05) is 6.20 Å². The second kappa shape index (κ2) is 9.59. The van der Waals surface area contributed by atoms with E-state index in [1.54, 1.807) is 11.8 Å². The van der Waals surface area contributed by atoms with Gasteiger partial charge in [0.05, 0.1) is 19.1 Å². The summed E-state index contributed by atoms with van der Waals surface area (Å²) >= 11 is 1.74. The molecule has 0 aliphatic heterocycles. The number of nitrogens with one attached hydrogen (secondary N) is 1. The van der Waals surface area contributed by atoms with Gasteiger partial charge in [-0.15, -0.1) is 10.2 Å². The van der Waals surface area contributed by atoms with Crippen molar-refractivity contribution in [2.75, 3.05) is 18.6 Å². The predicted octanol–water partition coefficient (Wildman–Crippen LogP) is 3.73. The molecular weight excluding hydrogens is 372 g/mol. The van der Waals surface area contributed by atoms with E-state index in [9.17, 15) is 4.79 Å². The average Bonchev–Trinajstić information content (AvgIpc) is 3.12. The lowest BCUT2D eigenvalue weighted by Gasteiger charge is -2.17. The Morgan fingerprint density at radius 3 is 2.93 bits per heavy atom. The van der Waals surface area contributed by atoms with Gasteiger partial charge in [0.1, 0.15) is 5.75 Å². The van der Waals surface area contributed by atoms with Gasteiger partial charge in [-0.25, -0.2) is 0 Å². The molecule has 1 aromatic carbocycles. The molecule has 2 heterocycles. The molecule has 0 saturated heterocycles. The van der Waals surface area contributed by atoms with Crippen LogP contribution in [0.1, 0.15) is 35.8 Å². The van der Waals surface area contributed by atoms with Crippen molar-refractivity contribution >= 4 is 23.3 Å². The molecule has 1 atom stereocenters. The number of benzene rings is 1. The number of nitrogens with zero attached hydrogens (tertiary/aromatic N) is 3. The summed E-state index contributed by atoms with van der Waals surface area (Å²) in [5.74, 6) is 2.46. The number of carbonyl (C=O) groups excluding carboxylic acids is 1. The largest absolute Gasteiger partial charge is 0.493 e. The lowest BCUT2D eigenvalue weighted by molar-refractivity contribution is -0.122. The number of aromatic nitrogens is 3. The van der Waals surface area contributed by atoms with E-state index >= 15 is 0 Å². The van der Waals surface area contributed by atoms with E-state index in [-0.39, 0.29) is 11.9 Å². The van der Waals surface area contributed by atoms with Crippen molar-refractivity contribution in [1.29, 1.82) is 0 Å². The van der Waals surface area contributed by atoms with Crippen LogP contribution in [0.5, 0.6) is 5.75 Å². The number of aryl methyl sites for hydroxylation is 2. The van der Waals surface area contributed by atoms with Crippen LogP contribution in [0.2, 0.25) is 0 Å². The van der Waals surface area contributed by atoms with Crippen molar-refractivity contribution in [1.82, 2.24) is 19.9 Å². The maximum atomic E-state index is 12.5. The Balaban J connectivity index is 1.62. The molecule has 0 saturated carbocycles. The number of amides is 1. The minimum atomic E-state index is -0.182. The van der Waals surface area contributed by atoms with Crippen LogP contribution in [0.3, 0.4) is 0 Å². The van der Waals surface area contributed by atoms with E-state index in [0.29, 0.717) is 13.0 Å². The zero-order valence-electron chi connectivity index (χ0n) is 16.5. The normalized spacial score (nSPS) is 12.1. The van der Waals surface area contributed by atoms with Crippen molar-refractivity contribution < 1.29 is 9.53 Å². The van der Waals surface area contributed by atoms with Gasteiger partial charge in [0.25, 0.3) is 0 Å². The average molecular weight is 399 g/mol. The van der Waals surface area contributed by atoms with Crippen LogP contribution < -0.4 is 10.1 Å². The minimum Gasteiger partial charge on any atom is -0.493 e. The van der Waals surface area contributed by atoms with E-state index in [1.165, 1.54) is 0 Å². The SMILES string of the molecule is CSCCC(NC(=O)CCOc1cc(C)ccc1C)c1nnc2ccccn12. The Morgan fingerprint density at radius 2 is 2.11 bits per heavy atom. The maximum absolute atomic E-state index is 12.5. The summed E-state index contributed by atoms with van der Waals surface area (Å²) in [4.78, 5) is 12.5. The van der Waals surface area contributed by atoms with Gasteiger partial charge in [-0.2, -0.15) is 11.8 Å². The first-order chi connectivity index (χ1) is 13.6. The summed E-state index contributed by atoms with van der Waals surface area (Å²) in [7, 11) is 0. The fourth-order valence-electron chi connectivity index (χ4n) is 2.98. The molecule has 3 aromatic rings. The number of thioether (sulfide) groups is 1. The van der Waals surface area contributed by atoms with Gasteiger partial charge < -0.3 is 10.1 Å². The van der Waals surface area contributed by atoms with Gasteiger partial charge in [-0.05, 0) is 61.6 Å². The Bertz CT molecular complexity index is 941. The van der Waals surface area contributed by atoms with Gasteiger partial charge >= 0.3 is 0 Å². The number of ether oxygens (including phenoxy) is 1. The number of rotatable bonds is 9. The highest BCUT2D eigenvalue weighted by Crippen LogP contribution is 2.20. The van der Waals surface area contributed by atoms with Crippen molar-refractivity contribution in [3.8, 4) is 5.75 Å². The number of hydrogen-bond acceptors (Lipinski definition) is 5. The third-order valence-electron chi connectivity index (χ3n) is 4.53. The smallest absolute Gasteiger partial charge is 0.224 e. The van der Waals surface area contributed by atoms with Gasteiger partial charge in [-0.3, -0.25) is 9.20 Å². The molecule has 0 radical (unpaired) electrons. The minimum absolute atomic E-state index is 0.0518. The van der Waals surface area contributed by atoms with Crippen LogP contribution in [0.25, 0.3) is 5.65 Å². The van der Waals surface area contributed by atoms with Gasteiger partial charge in [-0.1, -0.05) is 18.2 Å². The van der Waals surface area contributed by atoms with Gasteiger partial charge in [0.15, 0.2) is 11.5 Å². The highest BCUT2D eigenvalue weighted by atomic mass is 32.2. The molecular formula is C21H26N4O2S. The highest BCUT2D eigenvalue weighted by molar-refractivity contribution is 7.98. The van der Waals surface area contributed by atoms with E-state index in [2.05, 4.69) is 21.8 Å². The van der Waals surface area contributed by atoms with E-state index in [1.807, 2.05) is 60.8 Å². The summed E-state index contributed by atoms with van der Waals surface area (Å²) in [6, 6.07) is 11.7. The first kappa shape index (κ1) is 20.2. The topological polar surface area (TPSA) is 68.5 Å². The maximum Gasteiger partial charge on any atom is 0.224 e. The first-order valence-corrected chi connectivity index (χ1v) is 10.8. The summed E-state index contributed by atoms with van der Waals surface area (Å²) < 4.78 is 7.74. The molecule has 1 unspecified atom stereocenters. The molecule has 6 nitrogen and oxygen atoms in total. The molecule has 0 bridgehead atoms. The van der Waals surface area contributed by atoms with Crippen LogP contribution in [0, 0.1) is 13.8 Å². The zero-order valence-corrected chi connectivity index (χ0v) is 17.3. The molecule has 0 aliphatic rings. The van der Waals surface area contributed by atoms with Crippen molar-refractivity contribution in [3.05, 3.63) is 59.5 Å². The van der Waals surface area contributed by atoms with Crippen LogP contribution in [-0.4, -0.2) is 39.1 Å². The van der Waals surface area contributed by atoms with Crippen LogP contribution in [-0.2, 0) is 4.79 Å². The second-order valence-corrected chi connectivity index (χ2v) is 7.74. The van der Waals surface area contributed by atoms with Crippen LogP contribution in [0.4, 0.5) is 0 Å². The molecule has 0 aliphatic carbocycles. The van der Waals surface area contributed by atoms with Gasteiger partial charge in [0.2, 0.25) is 5.91 Å². The molecule has 0 spiro atoms. The lowest BCUT2D eigenvalue weighted by atomic mass is 10.1. The predicted molar refractivity (Wildman–Crippen MR) is 113 cm³/mol. The molecule has 2 aromatic heterocycles. The lowest BCUT2D eigenvalue weighted by Crippen LogP contribution is -2.31. The Labute approximate surface area is 169 Å². The highest BCUT2D eigenvalue weighted by Gasteiger charge is 2.20. The third-order valence-corrected chi connectivity index (χ3v) is 5.17. The second-order valence-electron chi connectivity index (χ2n) is 6.76. The van der Waals surface area contributed by atoms with Crippen LogP contribution in [0.15, 0.2) is 42.6 Å². The van der Waals surface area contributed by atoms with E-state index in [4.69, 9.17) is 4.74 Å².